The number of hydrogen-bond donors (Lipinski definition) is 2. The van der Waals surface area contributed by atoms with Crippen LogP contribution in [0.4, 0.5) is 0 Å². The second-order valence-corrected chi connectivity index (χ2v) is 7.33. The van der Waals surface area contributed by atoms with Crippen LogP contribution in [-0.2, 0) is 6.54 Å². The number of hydrogen-bond acceptors (Lipinski definition) is 5. The Morgan fingerprint density at radius 1 is 1.11 bits per heavy atom. The summed E-state index contributed by atoms with van der Waals surface area (Å²) in [5.74, 6) is 1.94. The van der Waals surface area contributed by atoms with Gasteiger partial charge in [0.25, 0.3) is 5.56 Å². The molecule has 28 heavy (non-hydrogen) atoms. The van der Waals surface area contributed by atoms with Crippen LogP contribution in [0.1, 0.15) is 31.3 Å². The monoisotopic (exact) mass is 401 g/mol. The molecule has 148 valence electrons. The molecule has 1 aromatic heterocycles. The third kappa shape index (κ3) is 4.29. The molecule has 0 aliphatic carbocycles. The number of nitrogens with one attached hydrogen (secondary N) is 2. The highest BCUT2D eigenvalue weighted by molar-refractivity contribution is 6.30. The minimum atomic E-state index is -0.213. The van der Waals surface area contributed by atoms with Crippen molar-refractivity contribution in [3.8, 4) is 11.5 Å². The van der Waals surface area contributed by atoms with Gasteiger partial charge in [-0.3, -0.25) is 4.79 Å². The maximum atomic E-state index is 12.5. The predicted octanol–water partition coefficient (Wildman–Crippen LogP) is 4.08. The lowest BCUT2D eigenvalue weighted by Crippen LogP contribution is -2.27. The fourth-order valence-electron chi connectivity index (χ4n) is 3.21. The number of aromatic nitrogens is 2. The Labute approximate surface area is 168 Å². The fraction of sp³-hybridized carbons (Fsp3) is 0.333. The standard InChI is InChI=1S/C21H24ClN3O3/c1-12(2)20(13-5-7-14(22)8-6-13)23-11-19-24-16-10-18(28-4)17(27-3)9-15(16)21(26)25-19/h5-10,12,20,23H,11H2,1-4H3,(H,24,25,26). The summed E-state index contributed by atoms with van der Waals surface area (Å²) in [6, 6.07) is 11.2. The summed E-state index contributed by atoms with van der Waals surface area (Å²) in [5.41, 5.74) is 1.48. The van der Waals surface area contributed by atoms with E-state index in [1.165, 1.54) is 7.11 Å². The van der Waals surface area contributed by atoms with Gasteiger partial charge in [-0.2, -0.15) is 0 Å². The summed E-state index contributed by atoms with van der Waals surface area (Å²) < 4.78 is 10.6. The van der Waals surface area contributed by atoms with Gasteiger partial charge in [-0.05, 0) is 29.7 Å². The van der Waals surface area contributed by atoms with Crippen LogP contribution in [0, 0.1) is 5.92 Å². The van der Waals surface area contributed by atoms with Crippen molar-refractivity contribution < 1.29 is 9.47 Å². The molecule has 3 aromatic rings. The van der Waals surface area contributed by atoms with E-state index in [-0.39, 0.29) is 11.6 Å². The van der Waals surface area contributed by atoms with Crippen molar-refractivity contribution in [1.82, 2.24) is 15.3 Å². The van der Waals surface area contributed by atoms with Crippen LogP contribution in [-0.4, -0.2) is 24.2 Å². The zero-order valence-electron chi connectivity index (χ0n) is 16.4. The van der Waals surface area contributed by atoms with Gasteiger partial charge in [0, 0.05) is 17.1 Å². The molecule has 1 heterocycles. The number of benzene rings is 2. The predicted molar refractivity (Wildman–Crippen MR) is 111 cm³/mol. The van der Waals surface area contributed by atoms with Gasteiger partial charge in [0.05, 0.1) is 31.7 Å². The first-order valence-corrected chi connectivity index (χ1v) is 9.44. The van der Waals surface area contributed by atoms with E-state index < -0.39 is 0 Å². The largest absolute Gasteiger partial charge is 0.493 e. The molecule has 0 aliphatic rings. The van der Waals surface area contributed by atoms with Crippen LogP contribution in [0.25, 0.3) is 10.9 Å². The Bertz CT molecular complexity index is 1020. The lowest BCUT2D eigenvalue weighted by atomic mass is 9.96. The number of rotatable bonds is 7. The molecular weight excluding hydrogens is 378 g/mol. The van der Waals surface area contributed by atoms with Crippen LogP contribution < -0.4 is 20.3 Å². The van der Waals surface area contributed by atoms with Gasteiger partial charge >= 0.3 is 0 Å². The Kier molecular flexibility index (Phi) is 6.21. The summed E-state index contributed by atoms with van der Waals surface area (Å²) in [6.07, 6.45) is 0. The number of ether oxygens (including phenoxy) is 2. The van der Waals surface area contributed by atoms with Crippen molar-refractivity contribution in [2.24, 2.45) is 5.92 Å². The molecule has 3 rings (SSSR count). The third-order valence-electron chi connectivity index (χ3n) is 4.64. The van der Waals surface area contributed by atoms with Gasteiger partial charge < -0.3 is 19.8 Å². The first kappa shape index (κ1) is 20.2. The van der Waals surface area contributed by atoms with Crippen LogP contribution in [0.5, 0.6) is 11.5 Å². The summed E-state index contributed by atoms with van der Waals surface area (Å²) in [6.45, 7) is 4.70. The molecule has 0 saturated heterocycles. The van der Waals surface area contributed by atoms with Crippen LogP contribution in [0.15, 0.2) is 41.2 Å². The molecule has 0 fully saturated rings. The SMILES string of the molecule is COc1cc2nc(CNC(c3ccc(Cl)cc3)C(C)C)[nH]c(=O)c2cc1OC. The number of fused-ring (bicyclic) bond motifs is 1. The van der Waals surface area contributed by atoms with E-state index in [9.17, 15) is 4.79 Å². The van der Waals surface area contributed by atoms with Crippen molar-refractivity contribution >= 4 is 22.5 Å². The highest BCUT2D eigenvalue weighted by atomic mass is 35.5. The molecule has 2 N–H and O–H groups in total. The van der Waals surface area contributed by atoms with Crippen LogP contribution in [0.2, 0.25) is 5.02 Å². The van der Waals surface area contributed by atoms with Crippen molar-refractivity contribution in [3.05, 3.63) is 63.2 Å². The van der Waals surface area contributed by atoms with E-state index in [2.05, 4.69) is 29.1 Å². The maximum absolute atomic E-state index is 12.5. The minimum Gasteiger partial charge on any atom is -0.493 e. The number of halogens is 1. The molecule has 0 amide bonds. The second kappa shape index (κ2) is 8.63. The molecule has 0 aliphatic heterocycles. The molecule has 0 spiro atoms. The smallest absolute Gasteiger partial charge is 0.258 e. The Balaban J connectivity index is 1.88. The van der Waals surface area contributed by atoms with Gasteiger partial charge in [0.2, 0.25) is 0 Å². The molecule has 0 bridgehead atoms. The summed E-state index contributed by atoms with van der Waals surface area (Å²) in [5, 5.41) is 4.65. The van der Waals surface area contributed by atoms with Crippen molar-refractivity contribution in [3.63, 3.8) is 0 Å². The van der Waals surface area contributed by atoms with E-state index in [0.29, 0.717) is 45.7 Å². The first-order chi connectivity index (χ1) is 13.4. The van der Waals surface area contributed by atoms with Gasteiger partial charge in [0.1, 0.15) is 5.82 Å². The molecular formula is C21H24ClN3O3. The second-order valence-electron chi connectivity index (χ2n) is 6.89. The van der Waals surface area contributed by atoms with E-state index >= 15 is 0 Å². The highest BCUT2D eigenvalue weighted by Crippen LogP contribution is 2.30. The molecule has 1 atom stereocenters. The van der Waals surface area contributed by atoms with E-state index in [1.54, 1.807) is 19.2 Å². The van der Waals surface area contributed by atoms with Crippen LogP contribution >= 0.6 is 11.6 Å². The molecule has 1 unspecified atom stereocenters. The first-order valence-electron chi connectivity index (χ1n) is 9.06. The Hall–Kier alpha value is -2.57. The van der Waals surface area contributed by atoms with Crippen molar-refractivity contribution in [2.45, 2.75) is 26.4 Å². The quantitative estimate of drug-likeness (QED) is 0.623. The average Bonchev–Trinajstić information content (AvgIpc) is 2.68. The average molecular weight is 402 g/mol. The van der Waals surface area contributed by atoms with Gasteiger partial charge in [-0.25, -0.2) is 4.98 Å². The summed E-state index contributed by atoms with van der Waals surface area (Å²) in [7, 11) is 3.09. The maximum Gasteiger partial charge on any atom is 0.258 e. The van der Waals surface area contributed by atoms with Gasteiger partial charge in [0.15, 0.2) is 11.5 Å². The lowest BCUT2D eigenvalue weighted by molar-refractivity contribution is 0.355. The number of aromatic amines is 1. The molecule has 6 nitrogen and oxygen atoms in total. The lowest BCUT2D eigenvalue weighted by Gasteiger charge is -2.23. The Morgan fingerprint density at radius 3 is 2.36 bits per heavy atom. The number of methoxy groups -OCH3 is 2. The van der Waals surface area contributed by atoms with E-state index in [4.69, 9.17) is 21.1 Å². The normalized spacial score (nSPS) is 12.4. The fourth-order valence-corrected chi connectivity index (χ4v) is 3.34. The Morgan fingerprint density at radius 2 is 1.75 bits per heavy atom. The van der Waals surface area contributed by atoms with Crippen molar-refractivity contribution in [2.75, 3.05) is 14.2 Å². The highest BCUT2D eigenvalue weighted by Gasteiger charge is 2.16. The number of nitrogens with zero attached hydrogens (tertiary/aromatic N) is 1. The van der Waals surface area contributed by atoms with Crippen molar-refractivity contribution in [1.29, 1.82) is 0 Å². The molecule has 0 radical (unpaired) electrons. The van der Waals surface area contributed by atoms with Gasteiger partial charge in [-0.15, -0.1) is 0 Å². The zero-order valence-corrected chi connectivity index (χ0v) is 17.1. The molecule has 0 saturated carbocycles. The van der Waals surface area contributed by atoms with E-state index in [1.807, 2.05) is 24.3 Å². The third-order valence-corrected chi connectivity index (χ3v) is 4.90. The van der Waals surface area contributed by atoms with Gasteiger partial charge in [-0.1, -0.05) is 37.6 Å². The molecule has 7 heteroatoms. The number of H-pyrrole nitrogens is 1. The zero-order chi connectivity index (χ0) is 20.3. The van der Waals surface area contributed by atoms with E-state index in [0.717, 1.165) is 5.56 Å². The topological polar surface area (TPSA) is 76.2 Å². The molecule has 2 aromatic carbocycles. The summed E-state index contributed by atoms with van der Waals surface area (Å²) >= 11 is 6.00. The van der Waals surface area contributed by atoms with Crippen LogP contribution in [0.3, 0.4) is 0 Å². The summed E-state index contributed by atoms with van der Waals surface area (Å²) in [4.78, 5) is 20.0. The minimum absolute atomic E-state index is 0.101.